The first-order valence-electron chi connectivity index (χ1n) is 18.5. The fourth-order valence-corrected chi connectivity index (χ4v) is 5.96. The number of hydrogen-bond acceptors (Lipinski definition) is 6. The first kappa shape index (κ1) is 44.0. The zero-order chi connectivity index (χ0) is 33.3. The summed E-state index contributed by atoms with van der Waals surface area (Å²) in [6, 6.07) is -0.870. The molecule has 0 fully saturated rings. The van der Waals surface area contributed by atoms with Crippen LogP contribution in [0.2, 0.25) is 0 Å². The van der Waals surface area contributed by atoms with Crippen molar-refractivity contribution in [1.29, 1.82) is 0 Å². The Hall–Kier alpha value is -1.02. The number of unbranched alkanes of at least 4 members (excludes halogenated alkanes) is 20. The zero-order valence-electron chi connectivity index (χ0n) is 29.1. The van der Waals surface area contributed by atoms with Gasteiger partial charge in [0.05, 0.1) is 25.4 Å². The molecule has 3 atom stereocenters. The summed E-state index contributed by atoms with van der Waals surface area (Å²) in [6.45, 7) is 4.08. The highest BCUT2D eigenvalue weighted by Gasteiger charge is 2.26. The fraction of sp³-hybridized carbons (Fsp3) is 0.861. The molecule has 1 amide bonds. The maximum atomic E-state index is 12.7. The van der Waals surface area contributed by atoms with Crippen molar-refractivity contribution >= 4 is 13.7 Å². The lowest BCUT2D eigenvalue weighted by Gasteiger charge is -2.23. The fourth-order valence-electron chi connectivity index (χ4n) is 5.20. The molecule has 266 valence electrons. The van der Waals surface area contributed by atoms with E-state index in [2.05, 4.69) is 31.3 Å². The number of nitrogens with two attached hydrogens (primary N) is 1. The summed E-state index contributed by atoms with van der Waals surface area (Å²) in [5.74, 6) is -0.205. The van der Waals surface area contributed by atoms with E-state index in [4.69, 9.17) is 14.8 Å². The van der Waals surface area contributed by atoms with Gasteiger partial charge in [0.2, 0.25) is 5.91 Å². The maximum absolute atomic E-state index is 12.7. The summed E-state index contributed by atoms with van der Waals surface area (Å²) in [6.07, 6.45) is 35.0. The van der Waals surface area contributed by atoms with Gasteiger partial charge in [-0.05, 0) is 32.1 Å². The minimum absolute atomic E-state index is 0.0755. The normalized spacial score (nSPS) is 14.7. The van der Waals surface area contributed by atoms with Crippen LogP contribution in [0.5, 0.6) is 0 Å². The van der Waals surface area contributed by atoms with E-state index in [1.165, 1.54) is 109 Å². The Morgan fingerprint density at radius 1 is 0.711 bits per heavy atom. The number of carbonyl (C=O) groups is 1. The van der Waals surface area contributed by atoms with Crippen molar-refractivity contribution in [2.75, 3.05) is 19.8 Å². The number of aliphatic hydroxyl groups is 1. The molecule has 0 bridgehead atoms. The second-order valence-corrected chi connectivity index (χ2v) is 13.9. The SMILES string of the molecule is CCCCCCCCC/C=C/CC/C=C/C(O)C(COP(=O)(O)OCCN)NC(=O)CCCCCCCCCCCCCCC. The number of rotatable bonds is 34. The Balaban J connectivity index is 4.38. The quantitative estimate of drug-likeness (QED) is 0.0308. The third-order valence-corrected chi connectivity index (χ3v) is 9.01. The van der Waals surface area contributed by atoms with Crippen LogP contribution in [0.1, 0.15) is 168 Å². The van der Waals surface area contributed by atoms with Gasteiger partial charge in [0.1, 0.15) is 0 Å². The molecule has 5 N–H and O–H groups in total. The second-order valence-electron chi connectivity index (χ2n) is 12.4. The van der Waals surface area contributed by atoms with Crippen molar-refractivity contribution in [2.24, 2.45) is 5.73 Å². The Morgan fingerprint density at radius 2 is 1.18 bits per heavy atom. The number of hydrogen-bond donors (Lipinski definition) is 4. The molecule has 0 radical (unpaired) electrons. The van der Waals surface area contributed by atoms with Crippen LogP contribution in [0.15, 0.2) is 24.3 Å². The van der Waals surface area contributed by atoms with Crippen LogP contribution in [0.4, 0.5) is 0 Å². The molecule has 0 saturated heterocycles. The Morgan fingerprint density at radius 3 is 1.71 bits per heavy atom. The first-order valence-corrected chi connectivity index (χ1v) is 20.0. The van der Waals surface area contributed by atoms with Crippen LogP contribution in [-0.4, -0.2) is 47.8 Å². The monoisotopic (exact) mass is 659 g/mol. The molecular weight excluding hydrogens is 587 g/mol. The van der Waals surface area contributed by atoms with E-state index in [1.807, 2.05) is 6.08 Å². The predicted octanol–water partition coefficient (Wildman–Crippen LogP) is 9.44. The number of amides is 1. The highest BCUT2D eigenvalue weighted by molar-refractivity contribution is 7.47. The predicted molar refractivity (Wildman–Crippen MR) is 189 cm³/mol. The van der Waals surface area contributed by atoms with Crippen LogP contribution in [-0.2, 0) is 18.4 Å². The number of phosphoric acid groups is 1. The van der Waals surface area contributed by atoms with Gasteiger partial charge in [0.25, 0.3) is 0 Å². The molecular formula is C36H71N2O6P. The molecule has 3 unspecified atom stereocenters. The van der Waals surface area contributed by atoms with Crippen molar-refractivity contribution in [3.8, 4) is 0 Å². The van der Waals surface area contributed by atoms with E-state index in [-0.39, 0.29) is 25.7 Å². The van der Waals surface area contributed by atoms with E-state index in [0.29, 0.717) is 6.42 Å². The largest absolute Gasteiger partial charge is 0.472 e. The van der Waals surface area contributed by atoms with E-state index >= 15 is 0 Å². The van der Waals surface area contributed by atoms with Crippen molar-refractivity contribution in [2.45, 2.75) is 180 Å². The van der Waals surface area contributed by atoms with Crippen molar-refractivity contribution < 1.29 is 28.4 Å². The van der Waals surface area contributed by atoms with Gasteiger partial charge in [-0.15, -0.1) is 0 Å². The van der Waals surface area contributed by atoms with Crippen LogP contribution >= 0.6 is 7.82 Å². The van der Waals surface area contributed by atoms with Gasteiger partial charge >= 0.3 is 7.82 Å². The highest BCUT2D eigenvalue weighted by atomic mass is 31.2. The Bertz CT molecular complexity index is 764. The average molecular weight is 659 g/mol. The van der Waals surface area contributed by atoms with E-state index in [9.17, 15) is 19.4 Å². The minimum atomic E-state index is -4.33. The van der Waals surface area contributed by atoms with Crippen LogP contribution in [0.3, 0.4) is 0 Å². The third kappa shape index (κ3) is 31.4. The van der Waals surface area contributed by atoms with Crippen LogP contribution < -0.4 is 11.1 Å². The molecule has 9 heteroatoms. The van der Waals surface area contributed by atoms with Crippen LogP contribution in [0.25, 0.3) is 0 Å². The van der Waals surface area contributed by atoms with E-state index < -0.39 is 20.0 Å². The molecule has 45 heavy (non-hydrogen) atoms. The highest BCUT2D eigenvalue weighted by Crippen LogP contribution is 2.43. The van der Waals surface area contributed by atoms with Gasteiger partial charge in [-0.1, -0.05) is 154 Å². The molecule has 0 spiro atoms. The lowest BCUT2D eigenvalue weighted by molar-refractivity contribution is -0.123. The molecule has 0 aromatic carbocycles. The first-order chi connectivity index (χ1) is 21.9. The van der Waals surface area contributed by atoms with Gasteiger partial charge in [0.15, 0.2) is 0 Å². The van der Waals surface area contributed by atoms with Gasteiger partial charge in [-0.25, -0.2) is 4.57 Å². The Kier molecular flexibility index (Phi) is 32.2. The third-order valence-electron chi connectivity index (χ3n) is 8.03. The van der Waals surface area contributed by atoms with E-state index in [0.717, 1.165) is 38.5 Å². The lowest BCUT2D eigenvalue weighted by Crippen LogP contribution is -2.45. The van der Waals surface area contributed by atoms with Gasteiger partial charge < -0.3 is 21.1 Å². The molecule has 0 saturated carbocycles. The number of carbonyl (C=O) groups excluding carboxylic acids is 1. The minimum Gasteiger partial charge on any atom is -0.387 e. The van der Waals surface area contributed by atoms with Crippen molar-refractivity contribution in [3.05, 3.63) is 24.3 Å². The summed E-state index contributed by atoms with van der Waals surface area (Å²) in [5.41, 5.74) is 5.34. The number of allylic oxidation sites excluding steroid dienone is 3. The topological polar surface area (TPSA) is 131 Å². The standard InChI is InChI=1S/C36H71N2O6P/c1-3-5-7-9-11-13-15-17-19-21-23-25-27-29-35(39)34(33-44-45(41,42)43-32-31-37)38-36(40)30-28-26-24-22-20-18-16-14-12-10-8-6-4-2/h19,21,27,29,34-35,39H,3-18,20,22-26,28,30-33,37H2,1-2H3,(H,38,40)(H,41,42)/b21-19+,29-27+. The number of aliphatic hydroxyl groups excluding tert-OH is 1. The second kappa shape index (κ2) is 32.9. The molecule has 8 nitrogen and oxygen atoms in total. The number of nitrogens with one attached hydrogen (secondary N) is 1. The number of phosphoric ester groups is 1. The summed E-state index contributed by atoms with van der Waals surface area (Å²) in [7, 11) is -4.33. The van der Waals surface area contributed by atoms with Crippen molar-refractivity contribution in [1.82, 2.24) is 5.32 Å². The Labute approximate surface area is 277 Å². The van der Waals surface area contributed by atoms with Crippen LogP contribution in [0, 0.1) is 0 Å². The molecule has 0 aromatic heterocycles. The van der Waals surface area contributed by atoms with Crippen molar-refractivity contribution in [3.63, 3.8) is 0 Å². The molecule has 0 aromatic rings. The maximum Gasteiger partial charge on any atom is 0.472 e. The average Bonchev–Trinajstić information content (AvgIpc) is 3.02. The summed E-state index contributed by atoms with van der Waals surface area (Å²) in [5, 5.41) is 13.6. The zero-order valence-corrected chi connectivity index (χ0v) is 30.0. The molecule has 0 heterocycles. The van der Waals surface area contributed by atoms with Gasteiger partial charge in [-0.2, -0.15) is 0 Å². The van der Waals surface area contributed by atoms with Gasteiger partial charge in [-0.3, -0.25) is 13.8 Å². The molecule has 0 aliphatic rings. The van der Waals surface area contributed by atoms with Gasteiger partial charge in [0, 0.05) is 13.0 Å². The summed E-state index contributed by atoms with van der Waals surface area (Å²) < 4.78 is 22.0. The molecule has 0 aliphatic carbocycles. The smallest absolute Gasteiger partial charge is 0.387 e. The summed E-state index contributed by atoms with van der Waals surface area (Å²) in [4.78, 5) is 22.5. The lowest BCUT2D eigenvalue weighted by atomic mass is 10.0. The molecule has 0 aliphatic heterocycles. The van der Waals surface area contributed by atoms with E-state index in [1.54, 1.807) is 6.08 Å². The molecule has 0 rings (SSSR count). The summed E-state index contributed by atoms with van der Waals surface area (Å²) >= 11 is 0.